The second-order valence-corrected chi connectivity index (χ2v) is 8.85. The predicted molar refractivity (Wildman–Crippen MR) is 136 cm³/mol. The Hall–Kier alpha value is -3.67. The van der Waals surface area contributed by atoms with Gasteiger partial charge in [-0.25, -0.2) is 4.98 Å². The van der Waals surface area contributed by atoms with E-state index in [9.17, 15) is 14.9 Å². The Labute approximate surface area is 207 Å². The van der Waals surface area contributed by atoms with E-state index in [0.717, 1.165) is 16.7 Å². The molecule has 0 aliphatic rings. The third kappa shape index (κ3) is 5.45. The number of amides is 2. The van der Waals surface area contributed by atoms with E-state index in [4.69, 9.17) is 16.3 Å². The second kappa shape index (κ2) is 10.5. The molecule has 34 heavy (non-hydrogen) atoms. The SMILES string of the molecule is COc1cc(Cl)c(C)cc1NC(=O)/C(C#N)=C/c1csc(N(C(C)=O)c2ccc(C)c(C)c2)n1. The summed E-state index contributed by atoms with van der Waals surface area (Å²) in [5, 5.41) is 14.9. The van der Waals surface area contributed by atoms with Crippen molar-refractivity contribution < 1.29 is 14.3 Å². The van der Waals surface area contributed by atoms with Gasteiger partial charge < -0.3 is 10.1 Å². The molecule has 9 heteroatoms. The fourth-order valence-corrected chi connectivity index (χ4v) is 4.15. The van der Waals surface area contributed by atoms with Crippen LogP contribution in [0.5, 0.6) is 5.75 Å². The zero-order valence-corrected chi connectivity index (χ0v) is 21.0. The Morgan fingerprint density at radius 3 is 2.53 bits per heavy atom. The summed E-state index contributed by atoms with van der Waals surface area (Å²) in [7, 11) is 1.46. The summed E-state index contributed by atoms with van der Waals surface area (Å²) in [4.78, 5) is 31.1. The number of thiazole rings is 1. The number of methoxy groups -OCH3 is 1. The molecule has 0 spiro atoms. The van der Waals surface area contributed by atoms with Gasteiger partial charge in [-0.2, -0.15) is 5.26 Å². The number of nitrogens with zero attached hydrogens (tertiary/aromatic N) is 3. The average molecular weight is 495 g/mol. The molecule has 0 saturated heterocycles. The maximum atomic E-state index is 12.8. The summed E-state index contributed by atoms with van der Waals surface area (Å²) in [6, 6.07) is 10.9. The number of hydrogen-bond acceptors (Lipinski definition) is 6. The molecule has 174 valence electrons. The zero-order valence-electron chi connectivity index (χ0n) is 19.4. The van der Waals surface area contributed by atoms with Crippen LogP contribution in [0, 0.1) is 32.1 Å². The average Bonchev–Trinajstić information content (AvgIpc) is 3.24. The van der Waals surface area contributed by atoms with Crippen LogP contribution in [0.3, 0.4) is 0 Å². The molecule has 0 saturated carbocycles. The van der Waals surface area contributed by atoms with Gasteiger partial charge in [0.05, 0.1) is 24.2 Å². The van der Waals surface area contributed by atoms with Crippen LogP contribution in [-0.4, -0.2) is 23.9 Å². The lowest BCUT2D eigenvalue weighted by molar-refractivity contribution is -0.116. The van der Waals surface area contributed by atoms with Crippen molar-refractivity contribution in [1.82, 2.24) is 4.98 Å². The lowest BCUT2D eigenvalue weighted by Crippen LogP contribution is -2.22. The van der Waals surface area contributed by atoms with Crippen LogP contribution in [0.1, 0.15) is 29.3 Å². The Morgan fingerprint density at radius 1 is 1.18 bits per heavy atom. The van der Waals surface area contributed by atoms with Crippen LogP contribution < -0.4 is 15.0 Å². The minimum Gasteiger partial charge on any atom is -0.495 e. The van der Waals surface area contributed by atoms with E-state index in [1.807, 2.05) is 38.1 Å². The van der Waals surface area contributed by atoms with Gasteiger partial charge in [0.1, 0.15) is 17.4 Å². The first-order chi connectivity index (χ1) is 16.1. The largest absolute Gasteiger partial charge is 0.495 e. The number of nitrogens with one attached hydrogen (secondary N) is 1. The highest BCUT2D eigenvalue weighted by molar-refractivity contribution is 7.14. The molecule has 0 atom stereocenters. The number of anilines is 3. The molecule has 0 fully saturated rings. The van der Waals surface area contributed by atoms with Gasteiger partial charge in [-0.15, -0.1) is 11.3 Å². The molecule has 1 N–H and O–H groups in total. The number of aryl methyl sites for hydroxylation is 3. The normalized spacial score (nSPS) is 11.0. The quantitative estimate of drug-likeness (QED) is 0.337. The minimum atomic E-state index is -0.616. The Bertz CT molecular complexity index is 1340. The number of carbonyl (C=O) groups is 2. The summed E-state index contributed by atoms with van der Waals surface area (Å²) in [6.07, 6.45) is 1.38. The summed E-state index contributed by atoms with van der Waals surface area (Å²) in [6.45, 7) is 7.23. The van der Waals surface area contributed by atoms with Crippen molar-refractivity contribution in [3.63, 3.8) is 0 Å². The maximum absolute atomic E-state index is 12.8. The molecule has 1 heterocycles. The number of ether oxygens (including phenoxy) is 1. The monoisotopic (exact) mass is 494 g/mol. The first-order valence-corrected chi connectivity index (χ1v) is 11.5. The molecule has 2 aromatic carbocycles. The van der Waals surface area contributed by atoms with Crippen LogP contribution in [0.2, 0.25) is 5.02 Å². The van der Waals surface area contributed by atoms with Crippen LogP contribution in [0.15, 0.2) is 41.3 Å². The summed E-state index contributed by atoms with van der Waals surface area (Å²) < 4.78 is 5.27. The van der Waals surface area contributed by atoms with E-state index in [0.29, 0.717) is 33.0 Å². The molecule has 0 aliphatic carbocycles. The number of halogens is 1. The third-order valence-corrected chi connectivity index (χ3v) is 6.40. The number of benzene rings is 2. The summed E-state index contributed by atoms with van der Waals surface area (Å²) in [5.41, 5.74) is 4.26. The topological polar surface area (TPSA) is 95.3 Å². The number of hydrogen-bond donors (Lipinski definition) is 1. The van der Waals surface area contributed by atoms with Crippen molar-refractivity contribution in [2.75, 3.05) is 17.3 Å². The summed E-state index contributed by atoms with van der Waals surface area (Å²) in [5.74, 6) is -0.436. The van der Waals surface area contributed by atoms with Crippen molar-refractivity contribution in [3.05, 3.63) is 68.7 Å². The number of carbonyl (C=O) groups excluding carboxylic acids is 2. The number of nitriles is 1. The first kappa shape index (κ1) is 25.0. The second-order valence-electron chi connectivity index (χ2n) is 7.60. The van der Waals surface area contributed by atoms with Gasteiger partial charge in [-0.1, -0.05) is 17.7 Å². The van der Waals surface area contributed by atoms with Crippen LogP contribution in [-0.2, 0) is 9.59 Å². The van der Waals surface area contributed by atoms with Crippen LogP contribution in [0.4, 0.5) is 16.5 Å². The van der Waals surface area contributed by atoms with E-state index >= 15 is 0 Å². The third-order valence-electron chi connectivity index (χ3n) is 5.15. The Balaban J connectivity index is 1.89. The molecular weight excluding hydrogens is 472 g/mol. The van der Waals surface area contributed by atoms with E-state index < -0.39 is 5.91 Å². The van der Waals surface area contributed by atoms with Gasteiger partial charge in [-0.05, 0) is 61.7 Å². The van der Waals surface area contributed by atoms with E-state index in [-0.39, 0.29) is 11.5 Å². The molecule has 3 aromatic rings. The highest BCUT2D eigenvalue weighted by Crippen LogP contribution is 2.32. The first-order valence-electron chi connectivity index (χ1n) is 10.2. The van der Waals surface area contributed by atoms with Crippen molar-refractivity contribution in [2.45, 2.75) is 27.7 Å². The fraction of sp³-hybridized carbons (Fsp3) is 0.200. The van der Waals surface area contributed by atoms with Crippen LogP contribution in [0.25, 0.3) is 6.08 Å². The minimum absolute atomic E-state index is 0.146. The fourth-order valence-electron chi connectivity index (χ4n) is 3.15. The van der Waals surface area contributed by atoms with E-state index in [1.54, 1.807) is 24.4 Å². The standard InChI is InChI=1S/C25H23ClN4O3S/c1-14-6-7-20(8-15(14)2)30(17(4)31)25-28-19(13-34-25)10-18(12-27)24(32)29-22-9-16(3)21(26)11-23(22)33-5/h6-11,13H,1-5H3,(H,29,32)/b18-10+. The van der Waals surface area contributed by atoms with Gasteiger partial charge in [0.2, 0.25) is 5.91 Å². The predicted octanol–water partition coefficient (Wildman–Crippen LogP) is 5.96. The number of aromatic nitrogens is 1. The number of rotatable bonds is 6. The summed E-state index contributed by atoms with van der Waals surface area (Å²) >= 11 is 7.36. The van der Waals surface area contributed by atoms with Gasteiger partial charge in [0, 0.05) is 23.4 Å². The molecule has 0 unspecified atom stereocenters. The molecule has 0 radical (unpaired) electrons. The lowest BCUT2D eigenvalue weighted by atomic mass is 10.1. The Morgan fingerprint density at radius 2 is 1.91 bits per heavy atom. The van der Waals surface area contributed by atoms with Crippen molar-refractivity contribution in [3.8, 4) is 11.8 Å². The molecule has 1 aromatic heterocycles. The van der Waals surface area contributed by atoms with Gasteiger partial charge in [0.15, 0.2) is 5.13 Å². The van der Waals surface area contributed by atoms with Gasteiger partial charge in [-0.3, -0.25) is 14.5 Å². The van der Waals surface area contributed by atoms with Gasteiger partial charge in [0.25, 0.3) is 5.91 Å². The zero-order chi connectivity index (χ0) is 25.0. The highest BCUT2D eigenvalue weighted by Gasteiger charge is 2.19. The molecular formula is C25H23ClN4O3S. The van der Waals surface area contributed by atoms with E-state index in [2.05, 4.69) is 10.3 Å². The molecule has 0 bridgehead atoms. The van der Waals surface area contributed by atoms with Crippen molar-refractivity contribution in [1.29, 1.82) is 5.26 Å². The molecule has 3 rings (SSSR count). The lowest BCUT2D eigenvalue weighted by Gasteiger charge is -2.19. The smallest absolute Gasteiger partial charge is 0.266 e. The maximum Gasteiger partial charge on any atom is 0.266 e. The van der Waals surface area contributed by atoms with Gasteiger partial charge >= 0.3 is 0 Å². The molecule has 7 nitrogen and oxygen atoms in total. The molecule has 0 aliphatic heterocycles. The van der Waals surface area contributed by atoms with E-state index in [1.165, 1.54) is 36.3 Å². The Kier molecular flexibility index (Phi) is 7.72. The molecule has 2 amide bonds. The van der Waals surface area contributed by atoms with Crippen molar-refractivity contribution >= 4 is 57.3 Å². The highest BCUT2D eigenvalue weighted by atomic mass is 35.5. The van der Waals surface area contributed by atoms with Crippen molar-refractivity contribution in [2.24, 2.45) is 0 Å². The van der Waals surface area contributed by atoms with Crippen LogP contribution >= 0.6 is 22.9 Å².